The minimum atomic E-state index is -0.448. The van der Waals surface area contributed by atoms with Crippen LogP contribution in [0.5, 0.6) is 5.88 Å². The Morgan fingerprint density at radius 1 is 1.14 bits per heavy atom. The molecular weight excluding hydrogens is 276 g/mol. The fraction of sp³-hybridized carbons (Fsp3) is 0.714. The van der Waals surface area contributed by atoms with Gasteiger partial charge >= 0.3 is 5.97 Å². The van der Waals surface area contributed by atoms with Crippen molar-refractivity contribution in [3.63, 3.8) is 0 Å². The van der Waals surface area contributed by atoms with E-state index in [0.717, 1.165) is 0 Å². The van der Waals surface area contributed by atoms with Crippen molar-refractivity contribution < 1.29 is 23.7 Å². The van der Waals surface area contributed by atoms with Crippen molar-refractivity contribution in [1.82, 2.24) is 9.78 Å². The number of rotatable bonds is 10. The summed E-state index contributed by atoms with van der Waals surface area (Å²) in [6.07, 6.45) is 1.18. The van der Waals surface area contributed by atoms with E-state index in [2.05, 4.69) is 5.10 Å². The molecule has 0 N–H and O–H groups in total. The van der Waals surface area contributed by atoms with Gasteiger partial charge in [0.2, 0.25) is 5.88 Å². The Balaban J connectivity index is 2.87. The molecule has 0 aliphatic heterocycles. The second kappa shape index (κ2) is 9.36. The normalized spacial score (nSPS) is 10.9. The summed E-state index contributed by atoms with van der Waals surface area (Å²) in [5.41, 5.74) is 0.311. The number of carbonyl (C=O) groups excluding carboxylic acids is 1. The van der Waals surface area contributed by atoms with Gasteiger partial charge in [0.1, 0.15) is 5.56 Å². The molecule has 0 fully saturated rings. The fourth-order valence-electron chi connectivity index (χ4n) is 1.77. The van der Waals surface area contributed by atoms with E-state index in [0.29, 0.717) is 38.5 Å². The Morgan fingerprint density at radius 3 is 2.33 bits per heavy atom. The SMILES string of the molecule is CCOC(=O)c1cn(CC(OCC)OCC)nc1OCC. The summed E-state index contributed by atoms with van der Waals surface area (Å²) >= 11 is 0. The van der Waals surface area contributed by atoms with Crippen molar-refractivity contribution in [3.8, 4) is 5.88 Å². The molecule has 0 radical (unpaired) electrons. The number of esters is 1. The zero-order valence-corrected chi connectivity index (χ0v) is 13.1. The lowest BCUT2D eigenvalue weighted by atomic mass is 10.3. The number of nitrogens with zero attached hydrogens (tertiary/aromatic N) is 2. The van der Waals surface area contributed by atoms with Crippen LogP contribution in [0.2, 0.25) is 0 Å². The molecule has 0 aliphatic rings. The first-order valence-electron chi connectivity index (χ1n) is 7.26. The third kappa shape index (κ3) is 5.35. The molecule has 0 atom stereocenters. The molecule has 7 heteroatoms. The van der Waals surface area contributed by atoms with Gasteiger partial charge < -0.3 is 18.9 Å². The molecular formula is C14H24N2O5. The van der Waals surface area contributed by atoms with Gasteiger partial charge in [0.25, 0.3) is 0 Å². The van der Waals surface area contributed by atoms with Gasteiger partial charge in [0.15, 0.2) is 6.29 Å². The molecule has 0 saturated carbocycles. The molecule has 7 nitrogen and oxygen atoms in total. The largest absolute Gasteiger partial charge is 0.476 e. The van der Waals surface area contributed by atoms with Crippen LogP contribution < -0.4 is 4.74 Å². The van der Waals surface area contributed by atoms with Crippen LogP contribution in [0.4, 0.5) is 0 Å². The summed E-state index contributed by atoms with van der Waals surface area (Å²) in [6.45, 7) is 9.54. The third-order valence-corrected chi connectivity index (χ3v) is 2.55. The lowest BCUT2D eigenvalue weighted by Crippen LogP contribution is -2.24. The van der Waals surface area contributed by atoms with E-state index in [1.54, 1.807) is 17.8 Å². The summed E-state index contributed by atoms with van der Waals surface area (Å²) in [4.78, 5) is 11.9. The molecule has 0 saturated heterocycles. The third-order valence-electron chi connectivity index (χ3n) is 2.55. The zero-order chi connectivity index (χ0) is 15.7. The molecule has 0 amide bonds. The van der Waals surface area contributed by atoms with Gasteiger partial charge in [-0.1, -0.05) is 0 Å². The maximum atomic E-state index is 11.9. The maximum absolute atomic E-state index is 11.9. The number of aromatic nitrogens is 2. The van der Waals surface area contributed by atoms with E-state index in [-0.39, 0.29) is 5.88 Å². The van der Waals surface area contributed by atoms with Gasteiger partial charge in [0, 0.05) is 19.4 Å². The van der Waals surface area contributed by atoms with E-state index in [4.69, 9.17) is 18.9 Å². The van der Waals surface area contributed by atoms with E-state index < -0.39 is 12.3 Å². The summed E-state index contributed by atoms with van der Waals surface area (Å²) in [5.74, 6) is -0.181. The number of carbonyl (C=O) groups is 1. The van der Waals surface area contributed by atoms with Gasteiger partial charge in [-0.3, -0.25) is 4.68 Å². The van der Waals surface area contributed by atoms with E-state index in [1.807, 2.05) is 20.8 Å². The van der Waals surface area contributed by atoms with Gasteiger partial charge in [-0.25, -0.2) is 4.79 Å². The van der Waals surface area contributed by atoms with Crippen molar-refractivity contribution in [2.75, 3.05) is 26.4 Å². The Hall–Kier alpha value is -1.60. The first kappa shape index (κ1) is 17.5. The molecule has 0 spiro atoms. The van der Waals surface area contributed by atoms with Crippen molar-refractivity contribution in [1.29, 1.82) is 0 Å². The Kier molecular flexibility index (Phi) is 7.78. The number of hydrogen-bond donors (Lipinski definition) is 0. The molecule has 120 valence electrons. The van der Waals surface area contributed by atoms with Crippen molar-refractivity contribution in [3.05, 3.63) is 11.8 Å². The molecule has 1 heterocycles. The highest BCUT2D eigenvalue weighted by Gasteiger charge is 2.20. The topological polar surface area (TPSA) is 71.8 Å². The van der Waals surface area contributed by atoms with Crippen molar-refractivity contribution in [2.24, 2.45) is 0 Å². The summed E-state index contributed by atoms with van der Waals surface area (Å²) < 4.78 is 22.9. The first-order chi connectivity index (χ1) is 10.2. The fourth-order valence-corrected chi connectivity index (χ4v) is 1.77. The molecule has 0 bridgehead atoms. The molecule has 1 aromatic heterocycles. The molecule has 1 aromatic rings. The monoisotopic (exact) mass is 300 g/mol. The average molecular weight is 300 g/mol. The van der Waals surface area contributed by atoms with Crippen LogP contribution in [0, 0.1) is 0 Å². The average Bonchev–Trinajstić information content (AvgIpc) is 2.83. The number of ether oxygens (including phenoxy) is 4. The van der Waals surface area contributed by atoms with Crippen LogP contribution in [0.1, 0.15) is 38.1 Å². The van der Waals surface area contributed by atoms with Crippen molar-refractivity contribution >= 4 is 5.97 Å². The van der Waals surface area contributed by atoms with Crippen molar-refractivity contribution in [2.45, 2.75) is 40.5 Å². The quantitative estimate of drug-likeness (QED) is 0.485. The predicted octanol–water partition coefficient (Wildman–Crippen LogP) is 1.86. The highest BCUT2D eigenvalue weighted by Crippen LogP contribution is 2.18. The Morgan fingerprint density at radius 2 is 1.81 bits per heavy atom. The Bertz CT molecular complexity index is 427. The molecule has 0 aromatic carbocycles. The first-order valence-corrected chi connectivity index (χ1v) is 7.26. The highest BCUT2D eigenvalue weighted by atomic mass is 16.7. The maximum Gasteiger partial charge on any atom is 0.345 e. The number of hydrogen-bond acceptors (Lipinski definition) is 6. The summed E-state index contributed by atoms with van der Waals surface area (Å²) in [6, 6.07) is 0. The van der Waals surface area contributed by atoms with Gasteiger partial charge in [0.05, 0.1) is 19.8 Å². The summed E-state index contributed by atoms with van der Waals surface area (Å²) in [5, 5.41) is 4.24. The molecule has 0 aliphatic carbocycles. The van der Waals surface area contributed by atoms with Crippen LogP contribution in [0.15, 0.2) is 6.20 Å². The minimum absolute atomic E-state index is 0.266. The van der Waals surface area contributed by atoms with Gasteiger partial charge in [-0.2, -0.15) is 0 Å². The van der Waals surface area contributed by atoms with E-state index in [9.17, 15) is 4.79 Å². The van der Waals surface area contributed by atoms with Crippen LogP contribution in [-0.4, -0.2) is 48.5 Å². The van der Waals surface area contributed by atoms with Crippen LogP contribution in [0.25, 0.3) is 0 Å². The van der Waals surface area contributed by atoms with E-state index >= 15 is 0 Å². The molecule has 1 rings (SSSR count). The van der Waals surface area contributed by atoms with Crippen LogP contribution >= 0.6 is 0 Å². The smallest absolute Gasteiger partial charge is 0.345 e. The lowest BCUT2D eigenvalue weighted by molar-refractivity contribution is -0.145. The Labute approximate surface area is 125 Å². The highest BCUT2D eigenvalue weighted by molar-refractivity contribution is 5.91. The minimum Gasteiger partial charge on any atom is -0.476 e. The second-order valence-corrected chi connectivity index (χ2v) is 4.06. The van der Waals surface area contributed by atoms with Gasteiger partial charge in [-0.15, -0.1) is 5.10 Å². The predicted molar refractivity (Wildman–Crippen MR) is 76.4 cm³/mol. The zero-order valence-electron chi connectivity index (χ0n) is 13.1. The standard InChI is InChI=1S/C14H24N2O5/c1-5-18-12(19-6-2)10-16-9-11(14(17)21-8-4)13(15-16)20-7-3/h9,12H,5-8,10H2,1-4H3. The second-order valence-electron chi connectivity index (χ2n) is 4.06. The summed E-state index contributed by atoms with van der Waals surface area (Å²) in [7, 11) is 0. The van der Waals surface area contributed by atoms with Crippen LogP contribution in [0.3, 0.4) is 0 Å². The molecule has 0 unspecified atom stereocenters. The van der Waals surface area contributed by atoms with Crippen LogP contribution in [-0.2, 0) is 20.8 Å². The molecule has 21 heavy (non-hydrogen) atoms. The van der Waals surface area contributed by atoms with Gasteiger partial charge in [-0.05, 0) is 27.7 Å². The van der Waals surface area contributed by atoms with E-state index in [1.165, 1.54) is 0 Å². The lowest BCUT2D eigenvalue weighted by Gasteiger charge is -2.16.